The van der Waals surface area contributed by atoms with Crippen molar-refractivity contribution in [2.75, 3.05) is 19.4 Å². The molecule has 1 N–H and O–H groups in total. The topological polar surface area (TPSA) is 168 Å². The molecule has 0 spiro atoms. The summed E-state index contributed by atoms with van der Waals surface area (Å²) in [4.78, 5) is 47.6. The van der Waals surface area contributed by atoms with Crippen LogP contribution in [0.1, 0.15) is 109 Å². The summed E-state index contributed by atoms with van der Waals surface area (Å²) in [5, 5.41) is 10.1. The number of benzene rings is 3. The number of H-pyrrole nitrogens is 1. The standard InChI is InChI=1S/C48H49F2N9O6S/c1-25-18-32(19-26(2)40(25)49)59-42(57-16-15-56(46(57)62)36-10-11-38-33(41(36)50)24-51-66(38,7)63)39-28(4)55(14-12-34(39)53-59)43(60)37-21-31-20-29(30-13-17-64-47(5,6)23-30)8-9-35(31)58(37)48(22-27(48)3)44-52-45(61)65-54-44/h8-11,15-16,18-21,27-28,30H,12-14,17,22-24H2,1-7H3,(H,52,54,61)/t27-,28-,30-,48-,66-/m0/s1. The van der Waals surface area contributed by atoms with Gasteiger partial charge in [-0.1, -0.05) is 18.1 Å². The van der Waals surface area contributed by atoms with Crippen molar-refractivity contribution < 1.29 is 27.0 Å². The lowest BCUT2D eigenvalue weighted by molar-refractivity contribution is -0.0592. The van der Waals surface area contributed by atoms with Gasteiger partial charge < -0.3 is 14.2 Å². The number of fused-ring (bicyclic) bond motifs is 3. The van der Waals surface area contributed by atoms with Crippen LogP contribution < -0.4 is 11.4 Å². The summed E-state index contributed by atoms with van der Waals surface area (Å²) in [5.74, 6) is -1.12. The summed E-state index contributed by atoms with van der Waals surface area (Å²) in [7, 11) is -2.76. The number of aryl methyl sites for hydroxylation is 2. The number of amides is 1. The lowest BCUT2D eigenvalue weighted by Gasteiger charge is -2.35. The molecule has 4 aliphatic rings. The van der Waals surface area contributed by atoms with E-state index in [2.05, 4.69) is 53.5 Å². The van der Waals surface area contributed by atoms with Crippen LogP contribution in [0.3, 0.4) is 0 Å². The fraction of sp³-hybridized carbons (Fsp3) is 0.396. The first-order chi connectivity index (χ1) is 31.4. The Morgan fingerprint density at radius 2 is 1.71 bits per heavy atom. The Morgan fingerprint density at radius 1 is 0.970 bits per heavy atom. The molecule has 342 valence electrons. The molecule has 4 aromatic heterocycles. The molecule has 3 aromatic carbocycles. The van der Waals surface area contributed by atoms with Crippen LogP contribution in [-0.2, 0) is 33.0 Å². The van der Waals surface area contributed by atoms with Gasteiger partial charge in [-0.3, -0.25) is 23.4 Å². The van der Waals surface area contributed by atoms with Gasteiger partial charge in [0.15, 0.2) is 11.6 Å². The molecule has 18 heteroatoms. The lowest BCUT2D eigenvalue weighted by Crippen LogP contribution is -2.41. The third kappa shape index (κ3) is 6.27. The number of hydrogen-bond donors (Lipinski definition) is 1. The first-order valence-corrected chi connectivity index (χ1v) is 24.2. The number of hydrogen-bond acceptors (Lipinski definition) is 9. The summed E-state index contributed by atoms with van der Waals surface area (Å²) in [5.41, 5.74) is 3.24. The van der Waals surface area contributed by atoms with E-state index in [0.717, 1.165) is 29.3 Å². The van der Waals surface area contributed by atoms with E-state index in [1.807, 2.05) is 17.6 Å². The van der Waals surface area contributed by atoms with Crippen LogP contribution in [0.25, 0.3) is 28.1 Å². The van der Waals surface area contributed by atoms with Gasteiger partial charge >= 0.3 is 11.4 Å². The highest BCUT2D eigenvalue weighted by molar-refractivity contribution is 7.93. The maximum absolute atomic E-state index is 16.2. The Hall–Kier alpha value is -6.40. The van der Waals surface area contributed by atoms with E-state index in [0.29, 0.717) is 69.8 Å². The SMILES string of the molecule is Cc1cc(-n2nc3c(c2-n2ccn(-c4ccc5c(c4F)CN=[S@@]5(C)=O)c2=O)[C@H](C)N(C(=O)c2cc4cc([C@H]5CCOC(C)(C)C5)ccc4n2[C@@]2(c4noc(=O)[nH]4)C[C@@H]2C)CC3)cc(C)c1F. The van der Waals surface area contributed by atoms with Gasteiger partial charge in [-0.25, -0.2) is 31.6 Å². The molecule has 7 aromatic rings. The molecule has 15 nitrogen and oxygen atoms in total. The summed E-state index contributed by atoms with van der Waals surface area (Å²) >= 11 is 0. The molecule has 0 radical (unpaired) electrons. The van der Waals surface area contributed by atoms with E-state index in [4.69, 9.17) is 14.4 Å². The van der Waals surface area contributed by atoms with Crippen molar-refractivity contribution in [2.45, 2.75) is 102 Å². The van der Waals surface area contributed by atoms with E-state index in [1.165, 1.54) is 33.9 Å². The van der Waals surface area contributed by atoms with Gasteiger partial charge in [0.1, 0.15) is 22.9 Å². The molecule has 11 rings (SSSR count). The van der Waals surface area contributed by atoms with Gasteiger partial charge in [0.25, 0.3) is 5.91 Å². The fourth-order valence-corrected chi connectivity index (χ4v) is 12.4. The molecule has 5 atom stereocenters. The van der Waals surface area contributed by atoms with Crippen molar-refractivity contribution >= 4 is 26.5 Å². The van der Waals surface area contributed by atoms with Gasteiger partial charge in [-0.2, -0.15) is 5.10 Å². The Morgan fingerprint density at radius 3 is 2.41 bits per heavy atom. The van der Waals surface area contributed by atoms with Crippen LogP contribution in [0, 0.1) is 31.4 Å². The quantitative estimate of drug-likeness (QED) is 0.171. The van der Waals surface area contributed by atoms with E-state index in [9.17, 15) is 13.8 Å². The number of nitrogens with one attached hydrogen (secondary N) is 1. The minimum atomic E-state index is -2.76. The molecular formula is C48H49F2N9O6S. The van der Waals surface area contributed by atoms with E-state index < -0.39 is 38.6 Å². The minimum absolute atomic E-state index is 0.0129. The summed E-state index contributed by atoms with van der Waals surface area (Å²) < 4.78 is 65.8. The average Bonchev–Trinajstić information content (AvgIpc) is 3.87. The van der Waals surface area contributed by atoms with Gasteiger partial charge in [0.05, 0.1) is 49.9 Å². The molecule has 0 bridgehead atoms. The monoisotopic (exact) mass is 917 g/mol. The molecule has 3 aliphatic heterocycles. The highest BCUT2D eigenvalue weighted by Crippen LogP contribution is 2.56. The molecule has 2 fully saturated rings. The first-order valence-electron chi connectivity index (χ1n) is 22.2. The number of halogens is 2. The van der Waals surface area contributed by atoms with Crippen molar-refractivity contribution in [3.8, 4) is 17.2 Å². The second kappa shape index (κ2) is 14.5. The Labute approximate surface area is 378 Å². The van der Waals surface area contributed by atoms with Crippen molar-refractivity contribution in [1.29, 1.82) is 0 Å². The highest BCUT2D eigenvalue weighted by Gasteiger charge is 2.59. The average molecular weight is 918 g/mol. The van der Waals surface area contributed by atoms with E-state index in [1.54, 1.807) is 41.6 Å². The molecular weight excluding hydrogens is 869 g/mol. The number of carbonyl (C=O) groups excluding carboxylic acids is 1. The second-order valence-electron chi connectivity index (χ2n) is 19.2. The zero-order chi connectivity index (χ0) is 46.4. The Balaban J connectivity index is 1.05. The fourth-order valence-electron chi connectivity index (χ4n) is 11.0. The number of aromatic nitrogens is 7. The lowest BCUT2D eigenvalue weighted by atomic mass is 9.83. The maximum Gasteiger partial charge on any atom is 0.438 e. The van der Waals surface area contributed by atoms with Crippen LogP contribution in [0.2, 0.25) is 0 Å². The van der Waals surface area contributed by atoms with Crippen LogP contribution in [0.5, 0.6) is 0 Å². The smallest absolute Gasteiger partial charge is 0.376 e. The molecule has 1 saturated carbocycles. The van der Waals surface area contributed by atoms with Gasteiger partial charge in [-0.15, -0.1) is 0 Å². The number of rotatable bonds is 7. The Kier molecular flexibility index (Phi) is 9.31. The number of carbonyl (C=O) groups is 1. The van der Waals surface area contributed by atoms with Gasteiger partial charge in [0, 0.05) is 60.3 Å². The van der Waals surface area contributed by atoms with Crippen LogP contribution in [0.4, 0.5) is 8.78 Å². The number of imidazole rings is 1. The molecule has 1 aliphatic carbocycles. The normalized spacial score (nSPS) is 24.4. The third-order valence-electron chi connectivity index (χ3n) is 14.4. The predicted molar refractivity (Wildman–Crippen MR) is 241 cm³/mol. The van der Waals surface area contributed by atoms with Crippen molar-refractivity contribution in [3.05, 3.63) is 139 Å². The number of nitrogens with zero attached hydrogens (tertiary/aromatic N) is 8. The van der Waals surface area contributed by atoms with Gasteiger partial charge in [0.2, 0.25) is 0 Å². The zero-order valence-electron chi connectivity index (χ0n) is 37.6. The van der Waals surface area contributed by atoms with Crippen LogP contribution in [-0.4, -0.2) is 73.6 Å². The maximum atomic E-state index is 16.2. The predicted octanol–water partition coefficient (Wildman–Crippen LogP) is 7.53. The third-order valence-corrected chi connectivity index (χ3v) is 16.3. The number of ether oxygens (including phenoxy) is 1. The summed E-state index contributed by atoms with van der Waals surface area (Å²) in [6.45, 7) is 12.3. The second-order valence-corrected chi connectivity index (χ2v) is 21.5. The first kappa shape index (κ1) is 42.2. The van der Waals surface area contributed by atoms with Crippen LogP contribution >= 0.6 is 0 Å². The van der Waals surface area contributed by atoms with Crippen molar-refractivity contribution in [3.63, 3.8) is 0 Å². The van der Waals surface area contributed by atoms with E-state index >= 15 is 13.6 Å². The largest absolute Gasteiger partial charge is 0.438 e. The summed E-state index contributed by atoms with van der Waals surface area (Å²) in [6.07, 6.45) is 7.09. The zero-order valence-corrected chi connectivity index (χ0v) is 38.5. The molecule has 1 amide bonds. The molecule has 66 heavy (non-hydrogen) atoms. The van der Waals surface area contributed by atoms with Crippen molar-refractivity contribution in [1.82, 2.24) is 38.5 Å². The minimum Gasteiger partial charge on any atom is -0.376 e. The Bertz CT molecular complexity index is 3450. The molecule has 1 saturated heterocycles. The highest BCUT2D eigenvalue weighted by atomic mass is 32.2. The molecule has 0 unspecified atom stereocenters. The van der Waals surface area contributed by atoms with Crippen molar-refractivity contribution in [2.24, 2.45) is 10.3 Å². The molecule has 7 heterocycles. The number of aromatic amines is 1. The van der Waals surface area contributed by atoms with E-state index in [-0.39, 0.29) is 53.5 Å². The summed E-state index contributed by atoms with van der Waals surface area (Å²) in [6, 6.07) is 13.9. The van der Waals surface area contributed by atoms with Gasteiger partial charge in [-0.05, 0) is 125 Å². The van der Waals surface area contributed by atoms with Crippen LogP contribution in [0.15, 0.2) is 84.3 Å².